The molecule has 0 radical (unpaired) electrons. The lowest BCUT2D eigenvalue weighted by atomic mass is 10.2. The molecule has 2 heterocycles. The van der Waals surface area contributed by atoms with Crippen molar-refractivity contribution in [3.8, 4) is 0 Å². The van der Waals surface area contributed by atoms with Gasteiger partial charge in [0.15, 0.2) is 0 Å². The van der Waals surface area contributed by atoms with Gasteiger partial charge in [0.05, 0.1) is 36.5 Å². The second-order valence-electron chi connectivity index (χ2n) is 4.58. The third-order valence-electron chi connectivity index (χ3n) is 3.04. The summed E-state index contributed by atoms with van der Waals surface area (Å²) in [6, 6.07) is 3.47. The standard InChI is InChI=1S/C13H18ClN3O2/c1-10(12-3-2-11(14)8-15-12)16-13(18)9-17-4-6-19-7-5-17/h2-3,8,10H,4-7,9H2,1H3,(H,16,18)/t10-/m0/s1. The summed E-state index contributed by atoms with van der Waals surface area (Å²) in [4.78, 5) is 18.2. The number of carbonyl (C=O) groups is 1. The van der Waals surface area contributed by atoms with Gasteiger partial charge in [-0.2, -0.15) is 0 Å². The summed E-state index contributed by atoms with van der Waals surface area (Å²) in [5.41, 5.74) is 0.805. The van der Waals surface area contributed by atoms with E-state index in [1.54, 1.807) is 12.3 Å². The number of pyridine rings is 1. The highest BCUT2D eigenvalue weighted by Gasteiger charge is 2.16. The lowest BCUT2D eigenvalue weighted by Gasteiger charge is -2.26. The molecule has 0 saturated carbocycles. The topological polar surface area (TPSA) is 54.5 Å². The number of amides is 1. The van der Waals surface area contributed by atoms with Crippen LogP contribution < -0.4 is 5.32 Å². The number of ether oxygens (including phenoxy) is 1. The van der Waals surface area contributed by atoms with Gasteiger partial charge in [0, 0.05) is 19.3 Å². The van der Waals surface area contributed by atoms with Crippen LogP contribution in [-0.2, 0) is 9.53 Å². The van der Waals surface area contributed by atoms with Crippen molar-refractivity contribution in [3.05, 3.63) is 29.0 Å². The molecule has 5 nitrogen and oxygen atoms in total. The maximum atomic E-state index is 11.9. The minimum atomic E-state index is -0.120. The maximum absolute atomic E-state index is 11.9. The number of nitrogens with zero attached hydrogens (tertiary/aromatic N) is 2. The van der Waals surface area contributed by atoms with Crippen LogP contribution in [0.2, 0.25) is 5.02 Å². The molecule has 1 atom stereocenters. The van der Waals surface area contributed by atoms with Crippen LogP contribution in [0.15, 0.2) is 18.3 Å². The van der Waals surface area contributed by atoms with E-state index in [1.807, 2.05) is 13.0 Å². The van der Waals surface area contributed by atoms with Crippen molar-refractivity contribution in [1.82, 2.24) is 15.2 Å². The van der Waals surface area contributed by atoms with E-state index in [1.165, 1.54) is 0 Å². The molecule has 0 aromatic carbocycles. The van der Waals surface area contributed by atoms with Crippen LogP contribution in [0.3, 0.4) is 0 Å². The number of halogens is 1. The Morgan fingerprint density at radius 1 is 1.53 bits per heavy atom. The summed E-state index contributed by atoms with van der Waals surface area (Å²) in [5.74, 6) is 0.00569. The number of rotatable bonds is 4. The molecule has 1 aliphatic rings. The molecule has 0 bridgehead atoms. The van der Waals surface area contributed by atoms with Crippen molar-refractivity contribution in [2.45, 2.75) is 13.0 Å². The fraction of sp³-hybridized carbons (Fsp3) is 0.538. The maximum Gasteiger partial charge on any atom is 0.234 e. The van der Waals surface area contributed by atoms with Crippen molar-refractivity contribution >= 4 is 17.5 Å². The third-order valence-corrected chi connectivity index (χ3v) is 3.27. The van der Waals surface area contributed by atoms with E-state index in [4.69, 9.17) is 16.3 Å². The molecule has 0 spiro atoms. The van der Waals surface area contributed by atoms with E-state index >= 15 is 0 Å². The Kier molecular flexibility index (Phi) is 5.13. The van der Waals surface area contributed by atoms with Gasteiger partial charge in [-0.25, -0.2) is 0 Å². The smallest absolute Gasteiger partial charge is 0.234 e. The van der Waals surface area contributed by atoms with Crippen molar-refractivity contribution in [2.75, 3.05) is 32.8 Å². The fourth-order valence-corrected chi connectivity index (χ4v) is 2.08. The van der Waals surface area contributed by atoms with Gasteiger partial charge in [-0.05, 0) is 19.1 Å². The Labute approximate surface area is 117 Å². The van der Waals surface area contributed by atoms with Crippen LogP contribution in [0.4, 0.5) is 0 Å². The van der Waals surface area contributed by atoms with Crippen molar-refractivity contribution in [3.63, 3.8) is 0 Å². The first kappa shape index (κ1) is 14.2. The van der Waals surface area contributed by atoms with E-state index in [0.717, 1.165) is 18.8 Å². The van der Waals surface area contributed by atoms with Crippen LogP contribution in [0.25, 0.3) is 0 Å². The normalized spacial score (nSPS) is 18.0. The predicted octanol–water partition coefficient (Wildman–Crippen LogP) is 1.24. The van der Waals surface area contributed by atoms with E-state index in [2.05, 4.69) is 15.2 Å². The first-order valence-electron chi connectivity index (χ1n) is 6.36. The highest BCUT2D eigenvalue weighted by atomic mass is 35.5. The molecule has 1 N–H and O–H groups in total. The van der Waals surface area contributed by atoms with Gasteiger partial charge in [0.1, 0.15) is 0 Å². The zero-order valence-electron chi connectivity index (χ0n) is 10.9. The van der Waals surface area contributed by atoms with E-state index in [9.17, 15) is 4.79 Å². The largest absolute Gasteiger partial charge is 0.379 e. The molecule has 104 valence electrons. The Balaban J connectivity index is 1.82. The quantitative estimate of drug-likeness (QED) is 0.903. The molecule has 1 aliphatic heterocycles. The molecule has 2 rings (SSSR count). The highest BCUT2D eigenvalue weighted by Crippen LogP contribution is 2.12. The summed E-state index contributed by atoms with van der Waals surface area (Å²) in [5, 5.41) is 3.53. The second kappa shape index (κ2) is 6.84. The van der Waals surface area contributed by atoms with Crippen LogP contribution in [-0.4, -0.2) is 48.6 Å². The summed E-state index contributed by atoms with van der Waals surface area (Å²) in [6.45, 7) is 5.32. The number of hydrogen-bond donors (Lipinski definition) is 1. The SMILES string of the molecule is C[C@H](NC(=O)CN1CCOCC1)c1ccc(Cl)cn1. The van der Waals surface area contributed by atoms with Crippen LogP contribution in [0.5, 0.6) is 0 Å². The summed E-state index contributed by atoms with van der Waals surface area (Å²) < 4.78 is 5.25. The van der Waals surface area contributed by atoms with Crippen LogP contribution >= 0.6 is 11.6 Å². The molecular formula is C13H18ClN3O2. The summed E-state index contributed by atoms with van der Waals surface area (Å²) in [7, 11) is 0. The van der Waals surface area contributed by atoms with Gasteiger partial charge in [-0.3, -0.25) is 14.7 Å². The van der Waals surface area contributed by atoms with Crippen molar-refractivity contribution in [1.29, 1.82) is 0 Å². The monoisotopic (exact) mass is 283 g/mol. The minimum absolute atomic E-state index is 0.00569. The molecule has 6 heteroatoms. The lowest BCUT2D eigenvalue weighted by molar-refractivity contribution is -0.123. The number of morpholine rings is 1. The Morgan fingerprint density at radius 3 is 2.89 bits per heavy atom. The number of nitrogens with one attached hydrogen (secondary N) is 1. The minimum Gasteiger partial charge on any atom is -0.379 e. The third kappa shape index (κ3) is 4.45. The Bertz CT molecular complexity index is 418. The predicted molar refractivity (Wildman–Crippen MR) is 73.1 cm³/mol. The lowest BCUT2D eigenvalue weighted by Crippen LogP contribution is -2.43. The second-order valence-corrected chi connectivity index (χ2v) is 5.02. The van der Waals surface area contributed by atoms with Crippen molar-refractivity contribution < 1.29 is 9.53 Å². The highest BCUT2D eigenvalue weighted by molar-refractivity contribution is 6.30. The average molecular weight is 284 g/mol. The van der Waals surface area contributed by atoms with Crippen molar-refractivity contribution in [2.24, 2.45) is 0 Å². The molecule has 1 saturated heterocycles. The molecule has 1 amide bonds. The number of hydrogen-bond acceptors (Lipinski definition) is 4. The first-order valence-corrected chi connectivity index (χ1v) is 6.74. The van der Waals surface area contributed by atoms with E-state index in [-0.39, 0.29) is 11.9 Å². The van der Waals surface area contributed by atoms with Crippen LogP contribution in [0, 0.1) is 0 Å². The zero-order chi connectivity index (χ0) is 13.7. The van der Waals surface area contributed by atoms with Gasteiger partial charge in [0.25, 0.3) is 0 Å². The molecule has 1 aromatic heterocycles. The molecular weight excluding hydrogens is 266 g/mol. The zero-order valence-corrected chi connectivity index (χ0v) is 11.7. The molecule has 0 aliphatic carbocycles. The Hall–Kier alpha value is -1.17. The molecule has 0 unspecified atom stereocenters. The first-order chi connectivity index (χ1) is 9.15. The molecule has 19 heavy (non-hydrogen) atoms. The fourth-order valence-electron chi connectivity index (χ4n) is 1.97. The number of carbonyl (C=O) groups excluding carboxylic acids is 1. The van der Waals surface area contributed by atoms with E-state index < -0.39 is 0 Å². The van der Waals surface area contributed by atoms with Gasteiger partial charge in [-0.15, -0.1) is 0 Å². The van der Waals surface area contributed by atoms with E-state index in [0.29, 0.717) is 24.8 Å². The Morgan fingerprint density at radius 2 is 2.26 bits per heavy atom. The molecule has 1 aromatic rings. The van der Waals surface area contributed by atoms with Gasteiger partial charge >= 0.3 is 0 Å². The van der Waals surface area contributed by atoms with Gasteiger partial charge < -0.3 is 10.1 Å². The molecule has 1 fully saturated rings. The van der Waals surface area contributed by atoms with Gasteiger partial charge in [0.2, 0.25) is 5.91 Å². The van der Waals surface area contributed by atoms with Crippen LogP contribution in [0.1, 0.15) is 18.7 Å². The van der Waals surface area contributed by atoms with Gasteiger partial charge in [-0.1, -0.05) is 11.6 Å². The summed E-state index contributed by atoms with van der Waals surface area (Å²) >= 11 is 5.78. The average Bonchev–Trinajstić information content (AvgIpc) is 2.40. The number of aromatic nitrogens is 1. The summed E-state index contributed by atoms with van der Waals surface area (Å²) in [6.07, 6.45) is 1.58.